The van der Waals surface area contributed by atoms with E-state index in [1.807, 2.05) is 11.8 Å². The number of benzene rings is 1. The Morgan fingerprint density at radius 1 is 1.28 bits per heavy atom. The lowest BCUT2D eigenvalue weighted by molar-refractivity contribution is 0.130. The van der Waals surface area contributed by atoms with Crippen LogP contribution in [0, 0.1) is 6.92 Å². The lowest BCUT2D eigenvalue weighted by Gasteiger charge is -2.38. The molecule has 9 nitrogen and oxygen atoms in total. The van der Waals surface area contributed by atoms with Gasteiger partial charge in [0.05, 0.1) is 10.3 Å². The molecule has 32 heavy (non-hydrogen) atoms. The number of fused-ring (bicyclic) bond motifs is 1. The van der Waals surface area contributed by atoms with Crippen LogP contribution in [0.15, 0.2) is 60.4 Å². The number of hydrogen-bond donors (Lipinski definition) is 1. The normalized spacial score (nSPS) is 16.8. The third-order valence-corrected chi connectivity index (χ3v) is 7.39. The van der Waals surface area contributed by atoms with E-state index in [1.54, 1.807) is 36.4 Å². The Morgan fingerprint density at radius 3 is 2.72 bits per heavy atom. The van der Waals surface area contributed by atoms with Crippen molar-refractivity contribution in [1.29, 1.82) is 0 Å². The van der Waals surface area contributed by atoms with Gasteiger partial charge in [0.25, 0.3) is 10.0 Å². The molecular weight excluding hydrogens is 430 g/mol. The van der Waals surface area contributed by atoms with Crippen molar-refractivity contribution in [2.24, 2.45) is 0 Å². The molecule has 3 aromatic rings. The SMILES string of the molecule is C=CCN(c1ncnc2c1ccn2S(=O)(=O)c1ccc(C)cc1)C1CCCN(C(=O)O)C1. The number of likely N-dealkylation sites (tertiary alicyclic amines) is 1. The van der Waals surface area contributed by atoms with Crippen LogP contribution in [-0.2, 0) is 10.0 Å². The van der Waals surface area contributed by atoms with Crippen LogP contribution in [0.2, 0.25) is 0 Å². The van der Waals surface area contributed by atoms with Gasteiger partial charge in [-0.1, -0.05) is 23.8 Å². The van der Waals surface area contributed by atoms with Crippen molar-refractivity contribution in [3.05, 3.63) is 61.1 Å². The van der Waals surface area contributed by atoms with Crippen LogP contribution in [0.25, 0.3) is 11.0 Å². The molecule has 4 rings (SSSR count). The quantitative estimate of drug-likeness (QED) is 0.569. The minimum atomic E-state index is -3.84. The fourth-order valence-electron chi connectivity index (χ4n) is 4.09. The lowest BCUT2D eigenvalue weighted by atomic mass is 10.0. The predicted molar refractivity (Wildman–Crippen MR) is 121 cm³/mol. The van der Waals surface area contributed by atoms with E-state index in [9.17, 15) is 18.3 Å². The van der Waals surface area contributed by atoms with Crippen LogP contribution in [0.4, 0.5) is 10.6 Å². The van der Waals surface area contributed by atoms with Gasteiger partial charge < -0.3 is 14.9 Å². The summed E-state index contributed by atoms with van der Waals surface area (Å²) in [7, 11) is -3.84. The second-order valence-electron chi connectivity index (χ2n) is 7.83. The van der Waals surface area contributed by atoms with Gasteiger partial charge in [-0.2, -0.15) is 0 Å². The van der Waals surface area contributed by atoms with Gasteiger partial charge in [0.1, 0.15) is 12.1 Å². The Morgan fingerprint density at radius 2 is 2.03 bits per heavy atom. The molecule has 1 aliphatic heterocycles. The van der Waals surface area contributed by atoms with E-state index >= 15 is 0 Å². The Bertz CT molecular complexity index is 1250. The van der Waals surface area contributed by atoms with Crippen LogP contribution in [0.1, 0.15) is 18.4 Å². The first kappa shape index (κ1) is 21.8. The highest BCUT2D eigenvalue weighted by atomic mass is 32.2. The molecule has 1 atom stereocenters. The summed E-state index contributed by atoms with van der Waals surface area (Å²) in [5.74, 6) is 0.560. The maximum absolute atomic E-state index is 13.2. The summed E-state index contributed by atoms with van der Waals surface area (Å²) >= 11 is 0. The van der Waals surface area contributed by atoms with Gasteiger partial charge >= 0.3 is 6.09 Å². The average Bonchev–Trinajstić information content (AvgIpc) is 3.23. The third kappa shape index (κ3) is 3.93. The standard InChI is InChI=1S/C22H25N5O4S/c1-3-11-26(17-5-4-12-25(14-17)22(28)29)20-19-10-13-27(21(19)24-15-23-20)32(30,31)18-8-6-16(2)7-9-18/h3,6-10,13,15,17H,1,4-5,11-12,14H2,2H3,(H,28,29). The smallest absolute Gasteiger partial charge is 0.407 e. The number of aryl methyl sites for hydroxylation is 1. The molecule has 1 aromatic carbocycles. The number of aromatic nitrogens is 3. The molecule has 0 aliphatic carbocycles. The van der Waals surface area contributed by atoms with Crippen molar-refractivity contribution in [1.82, 2.24) is 18.8 Å². The van der Waals surface area contributed by atoms with Gasteiger partial charge in [-0.15, -0.1) is 6.58 Å². The minimum absolute atomic E-state index is 0.104. The van der Waals surface area contributed by atoms with E-state index in [0.717, 1.165) is 22.4 Å². The van der Waals surface area contributed by atoms with Crippen molar-refractivity contribution >= 4 is 33.0 Å². The van der Waals surface area contributed by atoms with Crippen molar-refractivity contribution in [3.63, 3.8) is 0 Å². The van der Waals surface area contributed by atoms with Crippen molar-refractivity contribution in [3.8, 4) is 0 Å². The van der Waals surface area contributed by atoms with Crippen LogP contribution < -0.4 is 4.90 Å². The highest BCUT2D eigenvalue weighted by Gasteiger charge is 2.30. The Labute approximate surface area is 186 Å². The first-order chi connectivity index (χ1) is 15.3. The predicted octanol–water partition coefficient (Wildman–Crippen LogP) is 3.11. The highest BCUT2D eigenvalue weighted by Crippen LogP contribution is 2.30. The third-order valence-electron chi connectivity index (χ3n) is 5.71. The summed E-state index contributed by atoms with van der Waals surface area (Å²) in [5, 5.41) is 10.0. The summed E-state index contributed by atoms with van der Waals surface area (Å²) in [4.78, 5) is 23.7. The lowest BCUT2D eigenvalue weighted by Crippen LogP contribution is -2.50. The van der Waals surface area contributed by atoms with Crippen LogP contribution in [-0.4, -0.2) is 64.1 Å². The molecule has 10 heteroatoms. The van der Waals surface area contributed by atoms with Crippen LogP contribution >= 0.6 is 0 Å². The Kier molecular flexibility index (Phi) is 5.88. The summed E-state index contributed by atoms with van der Waals surface area (Å²) < 4.78 is 27.7. The number of amides is 1. The largest absolute Gasteiger partial charge is 0.465 e. The van der Waals surface area contributed by atoms with Gasteiger partial charge in [-0.3, -0.25) is 0 Å². The summed E-state index contributed by atoms with van der Waals surface area (Å²) in [6.07, 6.45) is 5.14. The van der Waals surface area contributed by atoms with E-state index in [4.69, 9.17) is 0 Å². The van der Waals surface area contributed by atoms with Gasteiger partial charge in [0.15, 0.2) is 5.65 Å². The second-order valence-corrected chi connectivity index (χ2v) is 9.64. The molecule has 168 valence electrons. The monoisotopic (exact) mass is 455 g/mol. The molecule has 2 aromatic heterocycles. The highest BCUT2D eigenvalue weighted by molar-refractivity contribution is 7.90. The average molecular weight is 456 g/mol. The fourth-order valence-corrected chi connectivity index (χ4v) is 5.39. The molecule has 1 unspecified atom stereocenters. The number of anilines is 1. The van der Waals surface area contributed by atoms with E-state index in [1.165, 1.54) is 17.4 Å². The van der Waals surface area contributed by atoms with E-state index in [2.05, 4.69) is 16.5 Å². The number of nitrogens with zero attached hydrogens (tertiary/aromatic N) is 5. The number of carbonyl (C=O) groups is 1. The van der Waals surface area contributed by atoms with E-state index in [0.29, 0.717) is 30.8 Å². The first-order valence-corrected chi connectivity index (χ1v) is 11.8. The van der Waals surface area contributed by atoms with Gasteiger partial charge in [-0.25, -0.2) is 27.2 Å². The molecule has 3 heterocycles. The molecule has 1 fully saturated rings. The molecule has 0 spiro atoms. The molecule has 1 aliphatic rings. The number of piperidine rings is 1. The maximum Gasteiger partial charge on any atom is 0.407 e. The van der Waals surface area contributed by atoms with Crippen LogP contribution in [0.3, 0.4) is 0 Å². The van der Waals surface area contributed by atoms with Gasteiger partial charge in [-0.05, 0) is 38.0 Å². The minimum Gasteiger partial charge on any atom is -0.465 e. The number of carboxylic acid groups (broad SMARTS) is 1. The second kappa shape index (κ2) is 8.62. The zero-order valence-corrected chi connectivity index (χ0v) is 18.6. The van der Waals surface area contributed by atoms with Gasteiger partial charge in [0.2, 0.25) is 0 Å². The summed E-state index contributed by atoms with van der Waals surface area (Å²) in [6.45, 7) is 7.01. The van der Waals surface area contributed by atoms with E-state index in [-0.39, 0.29) is 16.6 Å². The number of hydrogen-bond acceptors (Lipinski definition) is 6. The molecule has 0 radical (unpaired) electrons. The van der Waals surface area contributed by atoms with Crippen LogP contribution in [0.5, 0.6) is 0 Å². The molecular formula is C22H25N5O4S. The molecule has 1 saturated heterocycles. The van der Waals surface area contributed by atoms with Gasteiger partial charge in [0, 0.05) is 31.9 Å². The van der Waals surface area contributed by atoms with Crippen molar-refractivity contribution in [2.45, 2.75) is 30.7 Å². The fraction of sp³-hybridized carbons (Fsp3) is 0.318. The maximum atomic E-state index is 13.2. The molecule has 0 saturated carbocycles. The summed E-state index contributed by atoms with van der Waals surface area (Å²) in [6, 6.07) is 8.23. The van der Waals surface area contributed by atoms with Crippen molar-refractivity contribution in [2.75, 3.05) is 24.5 Å². The summed E-state index contributed by atoms with van der Waals surface area (Å²) in [5.41, 5.74) is 1.24. The molecule has 1 amide bonds. The Balaban J connectivity index is 1.77. The number of rotatable bonds is 6. The zero-order valence-electron chi connectivity index (χ0n) is 17.8. The zero-order chi connectivity index (χ0) is 22.9. The topological polar surface area (TPSA) is 109 Å². The Hall–Kier alpha value is -3.40. The first-order valence-electron chi connectivity index (χ1n) is 10.3. The molecule has 0 bridgehead atoms. The van der Waals surface area contributed by atoms with Crippen molar-refractivity contribution < 1.29 is 18.3 Å². The molecule has 1 N–H and O–H groups in total. The van der Waals surface area contributed by atoms with E-state index < -0.39 is 16.1 Å².